The number of pyridine rings is 1. The van der Waals surface area contributed by atoms with Crippen LogP contribution in [0, 0.1) is 0 Å². The lowest BCUT2D eigenvalue weighted by Gasteiger charge is -2.27. The third kappa shape index (κ3) is 5.32. The number of nitrogens with one attached hydrogen (secondary N) is 1. The van der Waals surface area contributed by atoms with Gasteiger partial charge in [-0.3, -0.25) is 4.98 Å². The van der Waals surface area contributed by atoms with Gasteiger partial charge in [-0.2, -0.15) is 13.2 Å². The van der Waals surface area contributed by atoms with Gasteiger partial charge < -0.3 is 25.4 Å². The predicted molar refractivity (Wildman–Crippen MR) is 124 cm³/mol. The SMILES string of the molecule is O=C(O)c1cc(C(O)(O)C(F)(F)F)ccc1Nc1c(SN2CCOCC2)cnc2ccc(Cl)cc12. The van der Waals surface area contributed by atoms with Gasteiger partial charge >= 0.3 is 12.1 Å². The number of aromatic nitrogens is 1. The topological polar surface area (TPSA) is 115 Å². The van der Waals surface area contributed by atoms with E-state index in [0.717, 1.165) is 12.1 Å². The van der Waals surface area contributed by atoms with Crippen LogP contribution in [-0.4, -0.2) is 63.1 Å². The third-order valence-electron chi connectivity index (χ3n) is 5.30. The number of halogens is 4. The van der Waals surface area contributed by atoms with E-state index >= 15 is 0 Å². The fourth-order valence-electron chi connectivity index (χ4n) is 3.47. The Balaban J connectivity index is 1.81. The van der Waals surface area contributed by atoms with Crippen molar-refractivity contribution < 1.29 is 38.0 Å². The molecule has 2 heterocycles. The summed E-state index contributed by atoms with van der Waals surface area (Å²) in [5.74, 6) is -5.78. The van der Waals surface area contributed by atoms with E-state index in [1.54, 1.807) is 24.4 Å². The number of rotatable bonds is 6. The lowest BCUT2D eigenvalue weighted by atomic mass is 10.0. The number of hydrogen-bond donors (Lipinski definition) is 4. The highest BCUT2D eigenvalue weighted by Crippen LogP contribution is 2.41. The van der Waals surface area contributed by atoms with Crippen molar-refractivity contribution in [3.05, 3.63) is 58.7 Å². The first-order chi connectivity index (χ1) is 16.5. The molecular formula is C22H19ClF3N3O5S. The second-order valence-electron chi connectivity index (χ2n) is 7.65. The summed E-state index contributed by atoms with van der Waals surface area (Å²) in [7, 11) is 0. The minimum atomic E-state index is -5.43. The van der Waals surface area contributed by atoms with Crippen LogP contribution < -0.4 is 5.32 Å². The van der Waals surface area contributed by atoms with E-state index in [1.807, 2.05) is 4.31 Å². The second kappa shape index (κ2) is 9.80. The van der Waals surface area contributed by atoms with Crippen LogP contribution in [0.15, 0.2) is 47.5 Å². The zero-order valence-electron chi connectivity index (χ0n) is 17.8. The van der Waals surface area contributed by atoms with E-state index in [-0.39, 0.29) is 5.69 Å². The number of hydrogen-bond acceptors (Lipinski definition) is 8. The maximum absolute atomic E-state index is 13.1. The summed E-state index contributed by atoms with van der Waals surface area (Å²) >= 11 is 7.55. The molecule has 186 valence electrons. The summed E-state index contributed by atoms with van der Waals surface area (Å²) < 4.78 is 46.7. The number of fused-ring (bicyclic) bond motifs is 1. The van der Waals surface area contributed by atoms with E-state index in [1.165, 1.54) is 11.9 Å². The Bertz CT molecular complexity index is 1270. The van der Waals surface area contributed by atoms with Gasteiger partial charge in [0.25, 0.3) is 5.79 Å². The van der Waals surface area contributed by atoms with Crippen LogP contribution >= 0.6 is 23.5 Å². The smallest absolute Gasteiger partial charge is 0.447 e. The van der Waals surface area contributed by atoms with Crippen molar-refractivity contribution in [1.29, 1.82) is 0 Å². The van der Waals surface area contributed by atoms with Gasteiger partial charge in [-0.15, -0.1) is 0 Å². The molecule has 1 aliphatic rings. The Morgan fingerprint density at radius 3 is 2.51 bits per heavy atom. The van der Waals surface area contributed by atoms with Crippen LogP contribution in [-0.2, 0) is 10.5 Å². The molecule has 0 radical (unpaired) electrons. The fourth-order valence-corrected chi connectivity index (χ4v) is 4.60. The fraction of sp³-hybridized carbons (Fsp3) is 0.273. The standard InChI is InChI=1S/C22H19ClF3N3O5S/c23-13-2-4-16-14(10-13)19(18(11-27-16)35-29-5-7-34-8-6-29)28-17-3-1-12(9-15(17)20(30)31)21(32,33)22(24,25)26/h1-4,9-11,32-33H,5-8H2,(H,27,28)(H,30,31). The highest BCUT2D eigenvalue weighted by atomic mass is 35.5. The minimum absolute atomic E-state index is 0.0597. The van der Waals surface area contributed by atoms with Crippen molar-refractivity contribution in [1.82, 2.24) is 9.29 Å². The number of carboxylic acids is 1. The molecule has 1 aliphatic heterocycles. The monoisotopic (exact) mass is 529 g/mol. The third-order valence-corrected chi connectivity index (χ3v) is 6.66. The van der Waals surface area contributed by atoms with Crippen LogP contribution in [0.3, 0.4) is 0 Å². The van der Waals surface area contributed by atoms with Crippen molar-refractivity contribution in [3.63, 3.8) is 0 Å². The largest absolute Gasteiger partial charge is 0.478 e. The first-order valence-electron chi connectivity index (χ1n) is 10.2. The number of carboxylic acid groups (broad SMARTS) is 1. The summed E-state index contributed by atoms with van der Waals surface area (Å²) in [6, 6.07) is 7.39. The zero-order chi connectivity index (χ0) is 25.4. The molecule has 35 heavy (non-hydrogen) atoms. The van der Waals surface area contributed by atoms with Gasteiger partial charge in [0.2, 0.25) is 0 Å². The van der Waals surface area contributed by atoms with E-state index < -0.39 is 29.1 Å². The number of alkyl halides is 3. The highest BCUT2D eigenvalue weighted by Gasteiger charge is 2.54. The Morgan fingerprint density at radius 1 is 1.14 bits per heavy atom. The lowest BCUT2D eigenvalue weighted by molar-refractivity contribution is -0.358. The Hall–Kier alpha value is -2.61. The van der Waals surface area contributed by atoms with Gasteiger partial charge in [0.05, 0.1) is 40.6 Å². The Kier molecular flexibility index (Phi) is 7.13. The number of aromatic carboxylic acids is 1. The molecule has 1 aromatic heterocycles. The average molecular weight is 530 g/mol. The highest BCUT2D eigenvalue weighted by molar-refractivity contribution is 7.97. The van der Waals surface area contributed by atoms with Crippen molar-refractivity contribution in [2.24, 2.45) is 0 Å². The van der Waals surface area contributed by atoms with Gasteiger partial charge in [0.15, 0.2) is 0 Å². The minimum Gasteiger partial charge on any atom is -0.478 e. The van der Waals surface area contributed by atoms with Gasteiger partial charge in [0, 0.05) is 35.3 Å². The number of anilines is 2. The summed E-state index contributed by atoms with van der Waals surface area (Å²) in [4.78, 5) is 17.0. The van der Waals surface area contributed by atoms with E-state index in [9.17, 15) is 33.3 Å². The van der Waals surface area contributed by atoms with Crippen LogP contribution in [0.2, 0.25) is 5.02 Å². The van der Waals surface area contributed by atoms with Gasteiger partial charge in [-0.25, -0.2) is 9.10 Å². The van der Waals surface area contributed by atoms with Crippen molar-refractivity contribution in [2.75, 3.05) is 31.6 Å². The quantitative estimate of drug-likeness (QED) is 0.273. The molecule has 0 aliphatic carbocycles. The van der Waals surface area contributed by atoms with Crippen molar-refractivity contribution in [3.8, 4) is 0 Å². The van der Waals surface area contributed by atoms with Gasteiger partial charge in [-0.1, -0.05) is 17.7 Å². The summed E-state index contributed by atoms with van der Waals surface area (Å²) in [5, 5.41) is 32.8. The van der Waals surface area contributed by atoms with Crippen LogP contribution in [0.4, 0.5) is 24.5 Å². The van der Waals surface area contributed by atoms with E-state index in [2.05, 4.69) is 10.3 Å². The molecule has 0 atom stereocenters. The first-order valence-corrected chi connectivity index (χ1v) is 11.4. The molecule has 0 amide bonds. The summed E-state index contributed by atoms with van der Waals surface area (Å²) in [6.45, 7) is 2.35. The average Bonchev–Trinajstić information content (AvgIpc) is 2.80. The number of benzene rings is 2. The molecule has 4 N–H and O–H groups in total. The van der Waals surface area contributed by atoms with Crippen LogP contribution in [0.5, 0.6) is 0 Å². The molecule has 1 saturated heterocycles. The Labute approximate surface area is 206 Å². The zero-order valence-corrected chi connectivity index (χ0v) is 19.4. The maximum Gasteiger partial charge on any atom is 0.447 e. The number of ether oxygens (including phenoxy) is 1. The molecule has 0 unspecified atom stereocenters. The number of carbonyl (C=O) groups is 1. The molecular weight excluding hydrogens is 511 g/mol. The van der Waals surface area contributed by atoms with Crippen molar-refractivity contribution >= 4 is 51.8 Å². The molecule has 13 heteroatoms. The number of aliphatic hydroxyl groups is 2. The van der Waals surface area contributed by atoms with Gasteiger partial charge in [0.1, 0.15) is 0 Å². The lowest BCUT2D eigenvalue weighted by Crippen LogP contribution is -2.42. The van der Waals surface area contributed by atoms with Crippen LogP contribution in [0.1, 0.15) is 15.9 Å². The van der Waals surface area contributed by atoms with Crippen molar-refractivity contribution in [2.45, 2.75) is 16.9 Å². The van der Waals surface area contributed by atoms with E-state index in [4.69, 9.17) is 16.3 Å². The summed E-state index contributed by atoms with van der Waals surface area (Å²) in [6.07, 6.45) is -3.83. The molecule has 8 nitrogen and oxygen atoms in total. The van der Waals surface area contributed by atoms with Crippen LogP contribution in [0.25, 0.3) is 10.9 Å². The number of morpholine rings is 1. The normalized spacial score (nSPS) is 15.4. The molecule has 1 fully saturated rings. The molecule has 0 saturated carbocycles. The first kappa shape index (κ1) is 25.5. The number of nitrogens with zero attached hydrogens (tertiary/aromatic N) is 2. The predicted octanol–water partition coefficient (Wildman–Crippen LogP) is 4.37. The maximum atomic E-state index is 13.1. The molecule has 3 aromatic rings. The second-order valence-corrected chi connectivity index (χ2v) is 9.23. The van der Waals surface area contributed by atoms with E-state index in [0.29, 0.717) is 58.9 Å². The molecule has 0 spiro atoms. The molecule has 2 aromatic carbocycles. The summed E-state index contributed by atoms with van der Waals surface area (Å²) in [5.41, 5.74) is -0.680. The molecule has 0 bridgehead atoms. The van der Waals surface area contributed by atoms with Gasteiger partial charge in [-0.05, 0) is 42.3 Å². The Morgan fingerprint density at radius 2 is 1.86 bits per heavy atom. The molecule has 4 rings (SSSR count).